The monoisotopic (exact) mass is 183 g/mol. The smallest absolute Gasteiger partial charge is 0.251 e. The number of halogens is 2. The molecule has 0 spiro atoms. The second-order valence-electron chi connectivity index (χ2n) is 2.90. The lowest BCUT2D eigenvalue weighted by molar-refractivity contribution is 0.0958. The van der Waals surface area contributed by atoms with Gasteiger partial charge in [-0.25, -0.2) is 8.78 Å². The number of alkyl halides is 2. The van der Waals surface area contributed by atoms with Crippen molar-refractivity contribution in [3.05, 3.63) is 0 Å². The lowest BCUT2D eigenvalue weighted by Crippen LogP contribution is -2.29. The van der Waals surface area contributed by atoms with Crippen LogP contribution in [-0.2, 0) is 0 Å². The highest BCUT2D eigenvalue weighted by Gasteiger charge is 2.09. The van der Waals surface area contributed by atoms with Crippen LogP contribution < -0.4 is 0 Å². The zero-order valence-corrected chi connectivity index (χ0v) is 7.82. The van der Waals surface area contributed by atoms with Gasteiger partial charge in [-0.05, 0) is 18.7 Å². The molecule has 0 amide bonds. The maximum atomic E-state index is 11.8. The molecule has 0 saturated carbocycles. The van der Waals surface area contributed by atoms with Crippen molar-refractivity contribution in [2.75, 3.05) is 25.9 Å². The Morgan fingerprint density at radius 1 is 1.36 bits per heavy atom. The van der Waals surface area contributed by atoms with Gasteiger partial charge in [0, 0.05) is 6.54 Å². The quantitative estimate of drug-likeness (QED) is 0.635. The van der Waals surface area contributed by atoms with Crippen molar-refractivity contribution >= 4 is 12.6 Å². The van der Waals surface area contributed by atoms with Gasteiger partial charge in [0.2, 0.25) is 0 Å². The number of thiol groups is 1. The Balaban J connectivity index is 3.43. The Bertz CT molecular complexity index is 100. The highest BCUT2D eigenvalue weighted by molar-refractivity contribution is 7.80. The molecule has 0 aromatic carbocycles. The average Bonchev–Trinajstić information content (AvgIpc) is 1.85. The van der Waals surface area contributed by atoms with E-state index in [1.807, 2.05) is 6.92 Å². The summed E-state index contributed by atoms with van der Waals surface area (Å²) in [6, 6.07) is 0. The minimum atomic E-state index is -2.23. The van der Waals surface area contributed by atoms with Gasteiger partial charge in [-0.1, -0.05) is 6.92 Å². The Hall–Kier alpha value is 0.170. The molecule has 0 aromatic heterocycles. The molecule has 68 valence electrons. The number of rotatable bonds is 5. The minimum Gasteiger partial charge on any atom is -0.301 e. The molecule has 1 unspecified atom stereocenters. The Labute approximate surface area is 72.2 Å². The van der Waals surface area contributed by atoms with Crippen LogP contribution in [0.5, 0.6) is 0 Å². The molecule has 0 aromatic rings. The van der Waals surface area contributed by atoms with Gasteiger partial charge in [0.05, 0.1) is 6.54 Å². The first-order valence-corrected chi connectivity index (χ1v) is 4.27. The van der Waals surface area contributed by atoms with Crippen LogP contribution in [-0.4, -0.2) is 37.2 Å². The van der Waals surface area contributed by atoms with Crippen LogP contribution in [0.4, 0.5) is 8.78 Å². The molecule has 1 atom stereocenters. The first kappa shape index (κ1) is 11.2. The topological polar surface area (TPSA) is 3.24 Å². The summed E-state index contributed by atoms with van der Waals surface area (Å²) in [7, 11) is 1.70. The minimum absolute atomic E-state index is 0.141. The summed E-state index contributed by atoms with van der Waals surface area (Å²) >= 11 is 4.07. The van der Waals surface area contributed by atoms with Crippen LogP contribution in [0.15, 0.2) is 0 Å². The van der Waals surface area contributed by atoms with E-state index in [-0.39, 0.29) is 6.54 Å². The van der Waals surface area contributed by atoms with Crippen molar-refractivity contribution in [1.82, 2.24) is 4.90 Å². The largest absolute Gasteiger partial charge is 0.301 e. The molecule has 0 saturated heterocycles. The maximum Gasteiger partial charge on any atom is 0.251 e. The second kappa shape index (κ2) is 5.77. The normalized spacial score (nSPS) is 14.5. The molecular weight excluding hydrogens is 168 g/mol. The van der Waals surface area contributed by atoms with Gasteiger partial charge in [0.25, 0.3) is 6.43 Å². The standard InChI is InChI=1S/C7H15F2NS/c1-6(5-11)3-10(2)4-7(8)9/h6-7,11H,3-5H2,1-2H3. The lowest BCUT2D eigenvalue weighted by atomic mass is 10.2. The van der Waals surface area contributed by atoms with E-state index in [4.69, 9.17) is 0 Å². The average molecular weight is 183 g/mol. The molecule has 0 fully saturated rings. The molecule has 0 aliphatic rings. The summed E-state index contributed by atoms with van der Waals surface area (Å²) in [6.07, 6.45) is -2.23. The van der Waals surface area contributed by atoms with E-state index in [0.717, 1.165) is 5.75 Å². The number of hydrogen-bond donors (Lipinski definition) is 1. The van der Waals surface area contributed by atoms with Crippen molar-refractivity contribution in [3.63, 3.8) is 0 Å². The fourth-order valence-electron chi connectivity index (χ4n) is 0.900. The first-order chi connectivity index (χ1) is 5.06. The predicted molar refractivity (Wildman–Crippen MR) is 46.5 cm³/mol. The van der Waals surface area contributed by atoms with E-state index in [9.17, 15) is 8.78 Å². The van der Waals surface area contributed by atoms with Crippen LogP contribution in [0.3, 0.4) is 0 Å². The summed E-state index contributed by atoms with van der Waals surface area (Å²) < 4.78 is 23.6. The maximum absolute atomic E-state index is 11.8. The molecule has 4 heteroatoms. The SMILES string of the molecule is CC(CS)CN(C)CC(F)F. The highest BCUT2D eigenvalue weighted by Crippen LogP contribution is 2.02. The third-order valence-corrected chi connectivity index (χ3v) is 2.01. The summed E-state index contributed by atoms with van der Waals surface area (Å²) in [5, 5.41) is 0. The molecule has 0 aliphatic carbocycles. The molecule has 11 heavy (non-hydrogen) atoms. The fraction of sp³-hybridized carbons (Fsp3) is 1.00. The van der Waals surface area contributed by atoms with Crippen LogP contribution in [0.25, 0.3) is 0 Å². The van der Waals surface area contributed by atoms with Gasteiger partial charge in [0.1, 0.15) is 0 Å². The van der Waals surface area contributed by atoms with Gasteiger partial charge in [-0.3, -0.25) is 0 Å². The molecule has 1 nitrogen and oxygen atoms in total. The van der Waals surface area contributed by atoms with E-state index in [1.165, 1.54) is 0 Å². The van der Waals surface area contributed by atoms with E-state index in [0.29, 0.717) is 12.5 Å². The zero-order chi connectivity index (χ0) is 8.85. The summed E-state index contributed by atoms with van der Waals surface area (Å²) in [6.45, 7) is 2.54. The van der Waals surface area contributed by atoms with E-state index < -0.39 is 6.43 Å². The van der Waals surface area contributed by atoms with Gasteiger partial charge in [-0.2, -0.15) is 12.6 Å². The molecule has 0 rings (SSSR count). The van der Waals surface area contributed by atoms with Crippen molar-refractivity contribution < 1.29 is 8.78 Å². The molecule has 0 N–H and O–H groups in total. The predicted octanol–water partition coefficient (Wildman–Crippen LogP) is 1.75. The second-order valence-corrected chi connectivity index (χ2v) is 3.27. The number of nitrogens with zero attached hydrogens (tertiary/aromatic N) is 1. The lowest BCUT2D eigenvalue weighted by Gasteiger charge is -2.19. The van der Waals surface area contributed by atoms with Gasteiger partial charge in [-0.15, -0.1) is 0 Å². The van der Waals surface area contributed by atoms with Crippen LogP contribution >= 0.6 is 12.6 Å². The van der Waals surface area contributed by atoms with Crippen molar-refractivity contribution in [1.29, 1.82) is 0 Å². The summed E-state index contributed by atoms with van der Waals surface area (Å²) in [5.74, 6) is 1.12. The highest BCUT2D eigenvalue weighted by atomic mass is 32.1. The fourth-order valence-corrected chi connectivity index (χ4v) is 1.02. The van der Waals surface area contributed by atoms with E-state index in [1.54, 1.807) is 11.9 Å². The molecule has 0 radical (unpaired) electrons. The molecule has 0 heterocycles. The number of hydrogen-bond acceptors (Lipinski definition) is 2. The third kappa shape index (κ3) is 6.56. The molecule has 0 aliphatic heterocycles. The zero-order valence-electron chi connectivity index (χ0n) is 6.93. The Morgan fingerprint density at radius 3 is 2.27 bits per heavy atom. The third-order valence-electron chi connectivity index (χ3n) is 1.38. The Kier molecular flexibility index (Phi) is 5.86. The van der Waals surface area contributed by atoms with Crippen LogP contribution in [0.2, 0.25) is 0 Å². The van der Waals surface area contributed by atoms with Gasteiger partial charge in [0.15, 0.2) is 0 Å². The molecule has 0 bridgehead atoms. The van der Waals surface area contributed by atoms with Gasteiger partial charge >= 0.3 is 0 Å². The Morgan fingerprint density at radius 2 is 1.91 bits per heavy atom. The van der Waals surface area contributed by atoms with E-state index >= 15 is 0 Å². The molecular formula is C7H15F2NS. The van der Waals surface area contributed by atoms with E-state index in [2.05, 4.69) is 12.6 Å². The van der Waals surface area contributed by atoms with Gasteiger partial charge < -0.3 is 4.90 Å². The van der Waals surface area contributed by atoms with Crippen molar-refractivity contribution in [3.8, 4) is 0 Å². The summed E-state index contributed by atoms with van der Waals surface area (Å²) in [4.78, 5) is 1.63. The van der Waals surface area contributed by atoms with Crippen LogP contribution in [0.1, 0.15) is 6.92 Å². The summed E-state index contributed by atoms with van der Waals surface area (Å²) in [5.41, 5.74) is 0. The van der Waals surface area contributed by atoms with Crippen molar-refractivity contribution in [2.24, 2.45) is 5.92 Å². The van der Waals surface area contributed by atoms with Crippen LogP contribution in [0, 0.1) is 5.92 Å². The van der Waals surface area contributed by atoms with Crippen molar-refractivity contribution in [2.45, 2.75) is 13.3 Å². The first-order valence-electron chi connectivity index (χ1n) is 3.63.